The number of sulfonamides is 1. The van der Waals surface area contributed by atoms with Gasteiger partial charge < -0.3 is 9.80 Å². The third kappa shape index (κ3) is 7.59. The lowest BCUT2D eigenvalue weighted by molar-refractivity contribution is -0.140. The number of likely N-dealkylation sites (tertiary alicyclic amines) is 1. The molecule has 1 saturated carbocycles. The largest absolute Gasteiger partial charge is 0.419 e. The van der Waals surface area contributed by atoms with Crippen LogP contribution >= 0.6 is 23.2 Å². The predicted molar refractivity (Wildman–Crippen MR) is 155 cm³/mol. The van der Waals surface area contributed by atoms with Gasteiger partial charge in [0.05, 0.1) is 27.3 Å². The van der Waals surface area contributed by atoms with Crippen molar-refractivity contribution < 1.29 is 30.8 Å². The second-order valence-corrected chi connectivity index (χ2v) is 14.3. The molecular weight excluding hydrogens is 617 g/mol. The van der Waals surface area contributed by atoms with Gasteiger partial charge in [-0.15, -0.1) is 0 Å². The molecule has 13 heteroatoms. The molecule has 1 aliphatic carbocycles. The molecule has 1 aliphatic heterocycles. The number of halogens is 6. The van der Waals surface area contributed by atoms with Crippen molar-refractivity contribution in [3.05, 3.63) is 69.0 Å². The Balaban J connectivity index is 1.50. The van der Waals surface area contributed by atoms with Crippen LogP contribution < -0.4 is 0 Å². The molecule has 6 nitrogen and oxygen atoms in total. The van der Waals surface area contributed by atoms with E-state index in [0.717, 1.165) is 25.0 Å². The van der Waals surface area contributed by atoms with Crippen molar-refractivity contribution in [2.45, 2.75) is 69.2 Å². The molecule has 2 aromatic rings. The van der Waals surface area contributed by atoms with Crippen LogP contribution in [0.25, 0.3) is 0 Å². The predicted octanol–water partition coefficient (Wildman–Crippen LogP) is 6.35. The average Bonchev–Trinajstić information content (AvgIpc) is 3.73. The fraction of sp³-hybridized carbons (Fsp3) is 0.552. The van der Waals surface area contributed by atoms with Crippen molar-refractivity contribution in [2.24, 2.45) is 0 Å². The van der Waals surface area contributed by atoms with Crippen molar-refractivity contribution in [1.29, 1.82) is 0 Å². The number of benzene rings is 2. The highest BCUT2D eigenvalue weighted by Gasteiger charge is 2.42. The van der Waals surface area contributed by atoms with Gasteiger partial charge in [0, 0.05) is 25.7 Å². The molecule has 1 heterocycles. The highest BCUT2D eigenvalue weighted by Crippen LogP contribution is 2.37. The van der Waals surface area contributed by atoms with Gasteiger partial charge in [-0.3, -0.25) is 4.79 Å². The Kier molecular flexibility index (Phi) is 9.89. The summed E-state index contributed by atoms with van der Waals surface area (Å²) >= 11 is 12.4. The molecule has 0 radical (unpaired) electrons. The van der Waals surface area contributed by atoms with E-state index in [-0.39, 0.29) is 35.1 Å². The van der Waals surface area contributed by atoms with Gasteiger partial charge in [0.25, 0.3) is 0 Å². The molecule has 0 spiro atoms. The molecule has 1 saturated heterocycles. The molecule has 1 unspecified atom stereocenters. The summed E-state index contributed by atoms with van der Waals surface area (Å²) in [6.07, 6.45) is -0.0742. The Bertz CT molecular complexity index is 1410. The van der Waals surface area contributed by atoms with Crippen molar-refractivity contribution in [3.63, 3.8) is 0 Å². The Hall–Kier alpha value is -1.92. The summed E-state index contributed by atoms with van der Waals surface area (Å²) in [7, 11) is -1.80. The number of hydrogen-bond donors (Lipinski definition) is 0. The van der Waals surface area contributed by atoms with E-state index in [1.54, 1.807) is 29.4 Å². The van der Waals surface area contributed by atoms with Crippen LogP contribution in [-0.4, -0.2) is 73.5 Å². The van der Waals surface area contributed by atoms with Crippen LogP contribution in [0.1, 0.15) is 55.7 Å². The summed E-state index contributed by atoms with van der Waals surface area (Å²) in [6, 6.07) is 7.70. The summed E-state index contributed by atoms with van der Waals surface area (Å²) in [5.74, 6) is -1.72. The van der Waals surface area contributed by atoms with Gasteiger partial charge in [-0.2, -0.15) is 17.5 Å². The number of hydrogen-bond acceptors (Lipinski definition) is 4. The standard InChI is InChI=1S/C29H35Cl2F4N3O3S/c1-28(20-5-8-24(30)25(31)17-20,27(39)36(2)18-19-4-9-26(32)23(16-19)29(33,34)35)12-15-37-13-10-22(11-14-37)38(21-6-7-21)42(3,40)41/h4-5,8-9,16-17,21-22H,6-7,10-15,18H2,1-3H3. The van der Waals surface area contributed by atoms with E-state index in [0.29, 0.717) is 49.5 Å². The highest BCUT2D eigenvalue weighted by molar-refractivity contribution is 7.88. The third-order valence-electron chi connectivity index (χ3n) is 8.27. The van der Waals surface area contributed by atoms with Gasteiger partial charge in [0.1, 0.15) is 5.82 Å². The van der Waals surface area contributed by atoms with Crippen LogP contribution in [0, 0.1) is 5.82 Å². The van der Waals surface area contributed by atoms with E-state index in [1.807, 2.05) is 0 Å². The number of amides is 1. The zero-order valence-electron chi connectivity index (χ0n) is 23.7. The third-order valence-corrected chi connectivity index (χ3v) is 10.4. The molecule has 232 valence electrons. The van der Waals surface area contributed by atoms with E-state index in [2.05, 4.69) is 4.90 Å². The summed E-state index contributed by atoms with van der Waals surface area (Å²) in [5.41, 5.74) is -1.74. The lowest BCUT2D eigenvalue weighted by Crippen LogP contribution is -2.49. The van der Waals surface area contributed by atoms with Gasteiger partial charge in [0.2, 0.25) is 15.9 Å². The number of piperidine rings is 1. The summed E-state index contributed by atoms with van der Waals surface area (Å²) < 4.78 is 80.1. The first-order valence-corrected chi connectivity index (χ1v) is 16.4. The molecule has 2 aromatic carbocycles. The zero-order chi connectivity index (χ0) is 31.0. The fourth-order valence-electron chi connectivity index (χ4n) is 5.82. The van der Waals surface area contributed by atoms with Crippen LogP contribution in [0.2, 0.25) is 10.0 Å². The van der Waals surface area contributed by atoms with Crippen LogP contribution in [0.5, 0.6) is 0 Å². The smallest absolute Gasteiger partial charge is 0.341 e. The van der Waals surface area contributed by atoms with Crippen molar-refractivity contribution in [3.8, 4) is 0 Å². The first-order valence-electron chi connectivity index (χ1n) is 13.8. The quantitative estimate of drug-likeness (QED) is 0.281. The number of likely N-dealkylation sites (N-methyl/N-ethyl adjacent to an activating group) is 1. The second-order valence-electron chi connectivity index (χ2n) is 11.6. The number of alkyl halides is 3. The summed E-state index contributed by atoms with van der Waals surface area (Å²) in [6.45, 7) is 3.47. The molecule has 0 aromatic heterocycles. The van der Waals surface area contributed by atoms with Gasteiger partial charge in [-0.25, -0.2) is 12.8 Å². The van der Waals surface area contributed by atoms with Crippen LogP contribution in [0.15, 0.2) is 36.4 Å². The van der Waals surface area contributed by atoms with E-state index < -0.39 is 33.0 Å². The lowest BCUT2D eigenvalue weighted by Gasteiger charge is -2.39. The first kappa shape index (κ1) is 33.0. The molecule has 42 heavy (non-hydrogen) atoms. The fourth-order valence-corrected chi connectivity index (χ4v) is 7.62. The van der Waals surface area contributed by atoms with Gasteiger partial charge in [-0.05, 0) is 94.1 Å². The maximum atomic E-state index is 14.0. The summed E-state index contributed by atoms with van der Waals surface area (Å²) in [5, 5.41) is 0.591. The number of carbonyl (C=O) groups excluding carboxylic acids is 1. The number of carbonyl (C=O) groups is 1. The Labute approximate surface area is 254 Å². The Morgan fingerprint density at radius 1 is 1.00 bits per heavy atom. The zero-order valence-corrected chi connectivity index (χ0v) is 26.1. The number of rotatable bonds is 10. The van der Waals surface area contributed by atoms with Crippen molar-refractivity contribution in [2.75, 3.05) is 32.9 Å². The minimum Gasteiger partial charge on any atom is -0.341 e. The Morgan fingerprint density at radius 2 is 1.62 bits per heavy atom. The molecule has 1 atom stereocenters. The maximum absolute atomic E-state index is 14.0. The van der Waals surface area contributed by atoms with E-state index in [4.69, 9.17) is 23.2 Å². The molecule has 0 N–H and O–H groups in total. The maximum Gasteiger partial charge on any atom is 0.419 e. The van der Waals surface area contributed by atoms with Crippen molar-refractivity contribution >= 4 is 39.1 Å². The van der Waals surface area contributed by atoms with Crippen LogP contribution in [0.4, 0.5) is 17.6 Å². The van der Waals surface area contributed by atoms with Crippen molar-refractivity contribution in [1.82, 2.24) is 14.1 Å². The molecule has 1 amide bonds. The Morgan fingerprint density at radius 3 is 2.17 bits per heavy atom. The molecule has 4 rings (SSSR count). The van der Waals surface area contributed by atoms with Gasteiger partial charge in [0.15, 0.2) is 0 Å². The highest BCUT2D eigenvalue weighted by atomic mass is 35.5. The monoisotopic (exact) mass is 651 g/mol. The van der Waals surface area contributed by atoms with E-state index in [1.165, 1.54) is 24.3 Å². The molecular formula is C29H35Cl2F4N3O3S. The van der Waals surface area contributed by atoms with E-state index in [9.17, 15) is 30.8 Å². The first-order chi connectivity index (χ1) is 19.5. The molecule has 2 aliphatic rings. The van der Waals surface area contributed by atoms with Crippen LogP contribution in [0.3, 0.4) is 0 Å². The van der Waals surface area contributed by atoms with E-state index >= 15 is 0 Å². The minimum atomic E-state index is -4.86. The second kappa shape index (κ2) is 12.6. The normalized spacial score (nSPS) is 18.7. The molecule has 0 bridgehead atoms. The minimum absolute atomic E-state index is 0.0460. The van der Waals surface area contributed by atoms with Crippen LogP contribution in [-0.2, 0) is 33.0 Å². The molecule has 2 fully saturated rings. The number of nitrogens with zero attached hydrogens (tertiary/aromatic N) is 3. The topological polar surface area (TPSA) is 60.9 Å². The SMILES string of the molecule is CN(Cc1ccc(F)c(C(F)(F)F)c1)C(=O)C(C)(CCN1CCC(N(C2CC2)S(C)(=O)=O)CC1)c1ccc(Cl)c(Cl)c1. The van der Waals surface area contributed by atoms with Gasteiger partial charge in [-0.1, -0.05) is 35.3 Å². The lowest BCUT2D eigenvalue weighted by atomic mass is 9.77. The van der Waals surface area contributed by atoms with Gasteiger partial charge >= 0.3 is 6.18 Å². The average molecular weight is 653 g/mol. The summed E-state index contributed by atoms with van der Waals surface area (Å²) in [4.78, 5) is 17.5.